The fraction of sp³-hybridized carbons (Fsp3) is 0.476. The van der Waals surface area contributed by atoms with Crippen molar-refractivity contribution in [2.24, 2.45) is 17.6 Å². The van der Waals surface area contributed by atoms with Gasteiger partial charge in [0, 0.05) is 17.6 Å². The Hall–Kier alpha value is -3.19. The number of hydrogen-bond donors (Lipinski definition) is 7. The molecule has 12 nitrogen and oxygen atoms in total. The number of primary amides is 1. The van der Waals surface area contributed by atoms with Crippen LogP contribution in [-0.4, -0.2) is 84.3 Å². The largest absolute Gasteiger partial charge is 0.510 e. The highest BCUT2D eigenvalue weighted by Gasteiger charge is 2.64. The number of aromatic hydroxyl groups is 1. The van der Waals surface area contributed by atoms with E-state index in [4.69, 9.17) is 5.73 Å². The van der Waals surface area contributed by atoms with Crippen LogP contribution in [0.2, 0.25) is 0 Å². The molecule has 1 aromatic rings. The third-order valence-electron chi connectivity index (χ3n) is 7.19. The maximum atomic E-state index is 12.0. The van der Waals surface area contributed by atoms with E-state index in [0.717, 1.165) is 6.07 Å². The minimum atomic E-state index is -2.43. The second-order valence-electron chi connectivity index (χ2n) is 9.04. The topological polar surface area (TPSA) is 211 Å². The minimum absolute atomic E-state index is 0.0696. The summed E-state index contributed by atoms with van der Waals surface area (Å²) < 4.78 is 0. The average molecular weight is 463 g/mol. The number of benzene rings is 1. The van der Waals surface area contributed by atoms with Crippen molar-refractivity contribution in [3.63, 3.8) is 0 Å². The zero-order chi connectivity index (χ0) is 24.6. The van der Waals surface area contributed by atoms with E-state index in [1.807, 2.05) is 0 Å². The van der Waals surface area contributed by atoms with Gasteiger partial charge in [0.05, 0.1) is 22.1 Å². The molecule has 3 aliphatic carbocycles. The van der Waals surface area contributed by atoms with Gasteiger partial charge in [-0.05, 0) is 38.4 Å². The van der Waals surface area contributed by atoms with Crippen molar-refractivity contribution in [1.82, 2.24) is 4.90 Å². The molecule has 1 aromatic carbocycles. The number of nitrogens with two attached hydrogens (primary N) is 1. The normalized spacial score (nSPS) is 33.5. The van der Waals surface area contributed by atoms with Crippen LogP contribution in [-0.2, 0) is 11.2 Å². The van der Waals surface area contributed by atoms with Gasteiger partial charge in [-0.15, -0.1) is 0 Å². The van der Waals surface area contributed by atoms with Gasteiger partial charge >= 0.3 is 5.69 Å². The van der Waals surface area contributed by atoms with Gasteiger partial charge in [-0.2, -0.15) is 0 Å². The summed E-state index contributed by atoms with van der Waals surface area (Å²) >= 11 is 0. The van der Waals surface area contributed by atoms with Crippen molar-refractivity contribution < 1.29 is 40.4 Å². The highest BCUT2D eigenvalue weighted by Crippen LogP contribution is 2.55. The van der Waals surface area contributed by atoms with Gasteiger partial charge in [-0.3, -0.25) is 19.8 Å². The minimum Gasteiger partial charge on any atom is -0.510 e. The molecule has 4 rings (SSSR count). The van der Waals surface area contributed by atoms with Gasteiger partial charge in [0.2, 0.25) is 5.75 Å². The number of carbonyl (C=O) groups is 1. The summed E-state index contributed by atoms with van der Waals surface area (Å²) in [5.41, 5.74) is 1.65. The van der Waals surface area contributed by atoms with E-state index in [0.29, 0.717) is 5.56 Å². The molecule has 0 spiro atoms. The Kier molecular flexibility index (Phi) is 5.17. The molecule has 2 unspecified atom stereocenters. The van der Waals surface area contributed by atoms with Gasteiger partial charge < -0.3 is 36.4 Å². The third kappa shape index (κ3) is 2.95. The number of carbonyl (C=O) groups excluding carboxylic acids is 1. The van der Waals surface area contributed by atoms with E-state index < -0.39 is 75.0 Å². The molecule has 8 N–H and O–H groups in total. The zero-order valence-electron chi connectivity index (χ0n) is 17.8. The molecule has 33 heavy (non-hydrogen) atoms. The first-order valence-corrected chi connectivity index (χ1v) is 10.2. The maximum Gasteiger partial charge on any atom is 0.311 e. The lowest BCUT2D eigenvalue weighted by Gasteiger charge is -2.56. The number of amides is 1. The number of hydrogen-bond acceptors (Lipinski definition) is 10. The molecule has 12 heteroatoms. The summed E-state index contributed by atoms with van der Waals surface area (Å²) in [7, 11) is 3.17. The van der Waals surface area contributed by atoms with Crippen molar-refractivity contribution in [1.29, 1.82) is 0 Å². The Balaban J connectivity index is 1.93. The molecule has 3 aliphatic rings. The van der Waals surface area contributed by atoms with Crippen molar-refractivity contribution in [2.45, 2.75) is 36.7 Å². The number of nitrogens with zero attached hydrogens (tertiary/aromatic N) is 2. The van der Waals surface area contributed by atoms with Crippen molar-refractivity contribution in [2.75, 3.05) is 14.1 Å². The van der Waals surface area contributed by atoms with E-state index in [1.165, 1.54) is 11.0 Å². The van der Waals surface area contributed by atoms with Gasteiger partial charge in [-0.25, -0.2) is 0 Å². The predicted octanol–water partition coefficient (Wildman–Crippen LogP) is -0.544. The highest BCUT2D eigenvalue weighted by atomic mass is 16.6. The van der Waals surface area contributed by atoms with Crippen LogP contribution in [0.25, 0.3) is 5.76 Å². The van der Waals surface area contributed by atoms with Crippen LogP contribution < -0.4 is 5.73 Å². The summed E-state index contributed by atoms with van der Waals surface area (Å²) in [5, 5.41) is 77.1. The number of nitro benzene ring substituents is 1. The fourth-order valence-electron chi connectivity index (χ4n) is 5.75. The Morgan fingerprint density at radius 1 is 1.21 bits per heavy atom. The van der Waals surface area contributed by atoms with Crippen LogP contribution in [0.5, 0.6) is 5.75 Å². The molecule has 1 saturated carbocycles. The molecule has 0 radical (unpaired) electrons. The quantitative estimate of drug-likeness (QED) is 0.225. The molecule has 1 amide bonds. The SMILES string of the molecule is CN(C)[C@@H]1C(O)=C(C(N)=O)C(O)[C@@]2(O)C(O)C3=C(O)c4c(ccc([N+](=O)[O-])c4O)C[C@H]3C[C@@H]12. The Morgan fingerprint density at radius 3 is 2.39 bits per heavy atom. The summed E-state index contributed by atoms with van der Waals surface area (Å²) in [6, 6.07) is 1.53. The lowest BCUT2D eigenvalue weighted by atomic mass is 9.56. The summed E-state index contributed by atoms with van der Waals surface area (Å²) in [4.78, 5) is 23.9. The molecule has 1 fully saturated rings. The molecular formula is C21H25N3O9. The number of likely N-dealkylation sites (N-methyl/N-ethyl adjacent to an activating group) is 1. The lowest BCUT2D eigenvalue weighted by Crippen LogP contribution is -2.70. The number of rotatable bonds is 3. The molecule has 0 bridgehead atoms. The number of phenols is 1. The van der Waals surface area contributed by atoms with E-state index in [-0.39, 0.29) is 24.0 Å². The third-order valence-corrected chi connectivity index (χ3v) is 7.19. The average Bonchev–Trinajstić information content (AvgIpc) is 2.70. The van der Waals surface area contributed by atoms with Crippen LogP contribution in [0, 0.1) is 22.0 Å². The number of aliphatic hydroxyl groups excluding tert-OH is 4. The Labute approximate surface area is 187 Å². The standard InChI is InChI=1S/C21H25N3O9/c1-23(2)14-9-6-8-5-7-3-4-10(24(32)33)15(25)11(7)16(26)12(8)18(28)21(9,31)19(29)13(17(14)27)20(22)30/h3-4,8-9,14,18-19,25-29,31H,5-6H2,1-2H3,(H2,22,30)/t8-,9-,14-,18?,19?,21-/m0/s1. The smallest absolute Gasteiger partial charge is 0.311 e. The lowest BCUT2D eigenvalue weighted by molar-refractivity contribution is -0.385. The zero-order valence-corrected chi connectivity index (χ0v) is 17.8. The summed E-state index contributed by atoms with van der Waals surface area (Å²) in [5.74, 6) is -4.69. The predicted molar refractivity (Wildman–Crippen MR) is 113 cm³/mol. The Morgan fingerprint density at radius 2 is 1.85 bits per heavy atom. The Bertz CT molecular complexity index is 1130. The second kappa shape index (κ2) is 7.42. The van der Waals surface area contributed by atoms with Crippen molar-refractivity contribution in [3.8, 4) is 5.75 Å². The monoisotopic (exact) mass is 463 g/mol. The van der Waals surface area contributed by atoms with E-state index in [9.17, 15) is 45.5 Å². The van der Waals surface area contributed by atoms with Gasteiger partial charge in [-0.1, -0.05) is 6.07 Å². The summed E-state index contributed by atoms with van der Waals surface area (Å²) in [6.45, 7) is 0. The van der Waals surface area contributed by atoms with Crippen LogP contribution in [0.4, 0.5) is 5.69 Å². The molecule has 178 valence electrons. The number of fused-ring (bicyclic) bond motifs is 3. The van der Waals surface area contributed by atoms with Crippen LogP contribution in [0.3, 0.4) is 0 Å². The number of nitro groups is 1. The van der Waals surface area contributed by atoms with Crippen molar-refractivity contribution >= 4 is 17.4 Å². The van der Waals surface area contributed by atoms with Crippen LogP contribution in [0.15, 0.2) is 29.0 Å². The first kappa shape index (κ1) is 23.0. The van der Waals surface area contributed by atoms with E-state index >= 15 is 0 Å². The van der Waals surface area contributed by atoms with Gasteiger partial charge in [0.1, 0.15) is 29.3 Å². The second-order valence-corrected chi connectivity index (χ2v) is 9.04. The molecular weight excluding hydrogens is 438 g/mol. The first-order valence-electron chi connectivity index (χ1n) is 10.2. The van der Waals surface area contributed by atoms with E-state index in [1.54, 1.807) is 14.1 Å². The molecule has 0 aromatic heterocycles. The van der Waals surface area contributed by atoms with Crippen LogP contribution >= 0.6 is 0 Å². The molecule has 0 aliphatic heterocycles. The highest BCUT2D eigenvalue weighted by molar-refractivity contribution is 5.94. The number of aliphatic hydroxyl groups is 5. The van der Waals surface area contributed by atoms with Gasteiger partial charge in [0.15, 0.2) is 0 Å². The molecule has 0 saturated heterocycles. The van der Waals surface area contributed by atoms with Crippen LogP contribution in [0.1, 0.15) is 17.5 Å². The first-order chi connectivity index (χ1) is 15.3. The summed E-state index contributed by atoms with van der Waals surface area (Å²) in [6.07, 6.45) is -3.78. The fourth-order valence-corrected chi connectivity index (χ4v) is 5.75. The van der Waals surface area contributed by atoms with Gasteiger partial charge in [0.25, 0.3) is 5.91 Å². The maximum absolute atomic E-state index is 12.0. The van der Waals surface area contributed by atoms with Crippen molar-refractivity contribution in [3.05, 3.63) is 50.3 Å². The van der Waals surface area contributed by atoms with E-state index in [2.05, 4.69) is 0 Å². The number of phenolic OH excluding ortho intramolecular Hbond substituents is 1. The molecule has 6 atom stereocenters. The molecule has 0 heterocycles.